The fraction of sp³-hybridized carbons (Fsp3) is 0.600. The van der Waals surface area contributed by atoms with Crippen LogP contribution in [0.5, 0.6) is 5.75 Å². The van der Waals surface area contributed by atoms with Crippen LogP contribution in [0, 0.1) is 0 Å². The van der Waals surface area contributed by atoms with Crippen molar-refractivity contribution in [1.82, 2.24) is 4.90 Å². The summed E-state index contributed by atoms with van der Waals surface area (Å²) in [6, 6.07) is 2.98. The SMILES string of the molecule is C=CCOc1cc(Cl)c(Cl)cc1C(=N[S+]([O-])C(C)(C)CC)C1(F)CCN(C(=O)OC(C)(C)C)CC1. The van der Waals surface area contributed by atoms with E-state index in [1.54, 1.807) is 26.8 Å². The first-order valence-corrected chi connectivity index (χ1v) is 13.4. The lowest BCUT2D eigenvalue weighted by Gasteiger charge is -2.37. The molecule has 0 radical (unpaired) electrons. The summed E-state index contributed by atoms with van der Waals surface area (Å²) in [5.41, 5.74) is -2.40. The quantitative estimate of drug-likeness (QED) is 0.200. The van der Waals surface area contributed by atoms with Gasteiger partial charge in [-0.15, -0.1) is 0 Å². The van der Waals surface area contributed by atoms with Crippen LogP contribution in [0.25, 0.3) is 0 Å². The minimum atomic E-state index is -1.98. The Morgan fingerprint density at radius 2 is 1.83 bits per heavy atom. The third-order valence-corrected chi connectivity index (χ3v) is 8.07. The molecule has 1 unspecified atom stereocenters. The molecule has 1 aromatic rings. The van der Waals surface area contributed by atoms with Crippen LogP contribution in [-0.4, -0.2) is 57.0 Å². The average molecular weight is 550 g/mol. The monoisotopic (exact) mass is 548 g/mol. The summed E-state index contributed by atoms with van der Waals surface area (Å²) in [5, 5.41) is 0.423. The molecule has 0 spiro atoms. The molecule has 35 heavy (non-hydrogen) atoms. The van der Waals surface area contributed by atoms with Crippen molar-refractivity contribution in [3.63, 3.8) is 0 Å². The number of hydrogen-bond donors (Lipinski definition) is 0. The molecule has 1 amide bonds. The fourth-order valence-corrected chi connectivity index (χ4v) is 4.53. The highest BCUT2D eigenvalue weighted by atomic mass is 35.5. The standard InChI is InChI=1S/C25H35Cl2FN2O4S/c1-8-14-33-20-16-19(27)18(26)15-17(20)21(29-35(32)24(6,7)9-2)25(28)10-12-30(13-11-25)22(31)34-23(3,4)5/h8,15-16H,1,9-14H2,2-7H3. The molecule has 10 heteroatoms. The smallest absolute Gasteiger partial charge is 0.410 e. The van der Waals surface area contributed by atoms with Crippen molar-refractivity contribution < 1.29 is 23.2 Å². The van der Waals surface area contributed by atoms with Crippen LogP contribution < -0.4 is 4.74 Å². The summed E-state index contributed by atoms with van der Waals surface area (Å²) in [7, 11) is 0. The normalized spacial score (nSPS) is 17.7. The molecule has 1 aliphatic heterocycles. The van der Waals surface area contributed by atoms with Crippen LogP contribution in [-0.2, 0) is 16.1 Å². The molecule has 1 aliphatic rings. The van der Waals surface area contributed by atoms with Gasteiger partial charge >= 0.3 is 6.09 Å². The topological polar surface area (TPSA) is 74.2 Å². The zero-order valence-electron chi connectivity index (χ0n) is 21.3. The highest BCUT2D eigenvalue weighted by Gasteiger charge is 2.45. The summed E-state index contributed by atoms with van der Waals surface area (Å²) < 4.78 is 44.8. The molecule has 0 aliphatic carbocycles. The number of alkyl halides is 1. The van der Waals surface area contributed by atoms with Crippen molar-refractivity contribution in [2.45, 2.75) is 76.8 Å². The van der Waals surface area contributed by atoms with Crippen molar-refractivity contribution in [2.75, 3.05) is 19.7 Å². The van der Waals surface area contributed by atoms with Gasteiger partial charge in [0, 0.05) is 37.6 Å². The van der Waals surface area contributed by atoms with Gasteiger partial charge in [0.25, 0.3) is 0 Å². The molecule has 196 valence electrons. The molecule has 1 saturated heterocycles. The van der Waals surface area contributed by atoms with Crippen molar-refractivity contribution >= 4 is 46.4 Å². The van der Waals surface area contributed by atoms with E-state index in [-0.39, 0.29) is 59.6 Å². The number of hydrogen-bond acceptors (Lipinski definition) is 5. The van der Waals surface area contributed by atoms with Gasteiger partial charge in [-0.25, -0.2) is 9.18 Å². The molecule has 0 aromatic heterocycles. The van der Waals surface area contributed by atoms with E-state index in [1.165, 1.54) is 17.0 Å². The number of benzene rings is 1. The molecule has 1 heterocycles. The Balaban J connectivity index is 2.52. The highest BCUT2D eigenvalue weighted by Crippen LogP contribution is 2.39. The van der Waals surface area contributed by atoms with Crippen LogP contribution in [0.3, 0.4) is 0 Å². The van der Waals surface area contributed by atoms with E-state index in [2.05, 4.69) is 11.0 Å². The summed E-state index contributed by atoms with van der Waals surface area (Å²) >= 11 is 10.8. The van der Waals surface area contributed by atoms with E-state index < -0.39 is 33.5 Å². The molecular formula is C25H35Cl2FN2O4S. The number of likely N-dealkylation sites (tertiary alicyclic amines) is 1. The maximum Gasteiger partial charge on any atom is 0.410 e. The van der Waals surface area contributed by atoms with Crippen molar-refractivity contribution in [3.05, 3.63) is 40.4 Å². The first-order valence-electron chi connectivity index (χ1n) is 11.5. The number of halogens is 3. The average Bonchev–Trinajstić information content (AvgIpc) is 2.77. The number of amides is 1. The maximum atomic E-state index is 16.7. The largest absolute Gasteiger partial charge is 0.591 e. The van der Waals surface area contributed by atoms with E-state index in [0.29, 0.717) is 6.42 Å². The van der Waals surface area contributed by atoms with Crippen LogP contribution in [0.4, 0.5) is 9.18 Å². The van der Waals surface area contributed by atoms with Gasteiger partial charge in [-0.1, -0.05) is 47.2 Å². The van der Waals surface area contributed by atoms with Gasteiger partial charge in [0.05, 0.1) is 10.0 Å². The van der Waals surface area contributed by atoms with Gasteiger partial charge in [-0.2, -0.15) is 0 Å². The van der Waals surface area contributed by atoms with E-state index in [1.807, 2.05) is 20.8 Å². The summed E-state index contributed by atoms with van der Waals surface area (Å²) in [6.45, 7) is 14.9. The van der Waals surface area contributed by atoms with Crippen LogP contribution in [0.15, 0.2) is 29.2 Å². The Morgan fingerprint density at radius 1 is 1.26 bits per heavy atom. The zero-order valence-corrected chi connectivity index (χ0v) is 23.6. The number of piperidine rings is 1. The summed E-state index contributed by atoms with van der Waals surface area (Å²) in [6.07, 6.45) is 1.50. The van der Waals surface area contributed by atoms with Crippen LogP contribution in [0.1, 0.15) is 66.4 Å². The molecular weight excluding hydrogens is 514 g/mol. The van der Waals surface area contributed by atoms with E-state index in [0.717, 1.165) is 0 Å². The number of carbonyl (C=O) groups is 1. The van der Waals surface area contributed by atoms with Gasteiger partial charge in [0.15, 0.2) is 5.67 Å². The highest BCUT2D eigenvalue weighted by molar-refractivity contribution is 7.91. The van der Waals surface area contributed by atoms with Gasteiger partial charge in [-0.05, 0) is 47.1 Å². The molecule has 0 bridgehead atoms. The van der Waals surface area contributed by atoms with Gasteiger partial charge in [0.1, 0.15) is 39.8 Å². The maximum absolute atomic E-state index is 16.7. The number of nitrogens with zero attached hydrogens (tertiary/aromatic N) is 2. The first-order chi connectivity index (χ1) is 16.1. The molecule has 1 fully saturated rings. The van der Waals surface area contributed by atoms with E-state index >= 15 is 4.39 Å². The van der Waals surface area contributed by atoms with Gasteiger partial charge < -0.3 is 18.9 Å². The second-order valence-electron chi connectivity index (χ2n) is 10.1. The Morgan fingerprint density at radius 3 is 2.34 bits per heavy atom. The predicted molar refractivity (Wildman–Crippen MR) is 142 cm³/mol. The lowest BCUT2D eigenvalue weighted by Crippen LogP contribution is -2.50. The van der Waals surface area contributed by atoms with E-state index in [4.69, 9.17) is 32.7 Å². The molecule has 1 atom stereocenters. The molecule has 0 N–H and O–H groups in total. The Labute approximate surface area is 221 Å². The molecule has 2 rings (SSSR count). The Hall–Kier alpha value is -1.48. The van der Waals surface area contributed by atoms with Crippen LogP contribution in [0.2, 0.25) is 10.0 Å². The lowest BCUT2D eigenvalue weighted by molar-refractivity contribution is 0.0127. The second-order valence-corrected chi connectivity index (χ2v) is 12.7. The lowest BCUT2D eigenvalue weighted by atomic mass is 9.85. The third-order valence-electron chi connectivity index (χ3n) is 5.76. The molecule has 6 nitrogen and oxygen atoms in total. The fourth-order valence-electron chi connectivity index (χ4n) is 3.29. The summed E-state index contributed by atoms with van der Waals surface area (Å²) in [4.78, 5) is 14.0. The molecule has 0 saturated carbocycles. The van der Waals surface area contributed by atoms with Crippen molar-refractivity contribution in [3.8, 4) is 5.75 Å². The zero-order chi connectivity index (χ0) is 26.6. The van der Waals surface area contributed by atoms with Gasteiger partial charge in [0.2, 0.25) is 0 Å². The minimum Gasteiger partial charge on any atom is -0.591 e. The van der Waals surface area contributed by atoms with Crippen molar-refractivity contribution in [2.24, 2.45) is 4.40 Å². The minimum absolute atomic E-state index is 0.0289. The Kier molecular flexibility index (Phi) is 9.96. The third kappa shape index (κ3) is 7.75. The predicted octanol–water partition coefficient (Wildman–Crippen LogP) is 6.94. The van der Waals surface area contributed by atoms with Gasteiger partial charge in [-0.3, -0.25) is 0 Å². The first kappa shape index (κ1) is 29.7. The molecule has 1 aromatic carbocycles. The Bertz CT molecular complexity index is 958. The number of carbonyl (C=O) groups excluding carboxylic acids is 1. The van der Waals surface area contributed by atoms with E-state index in [9.17, 15) is 9.35 Å². The second kappa shape index (κ2) is 11.7. The summed E-state index contributed by atoms with van der Waals surface area (Å²) in [5.74, 6) is 0.260. The number of ether oxygens (including phenoxy) is 2. The number of rotatable bonds is 8. The van der Waals surface area contributed by atoms with Crippen molar-refractivity contribution in [1.29, 1.82) is 0 Å². The van der Waals surface area contributed by atoms with Crippen LogP contribution >= 0.6 is 23.2 Å².